The van der Waals surface area contributed by atoms with E-state index in [1.54, 1.807) is 24.9 Å². The summed E-state index contributed by atoms with van der Waals surface area (Å²) in [6.45, 7) is 2.50. The van der Waals surface area contributed by atoms with Gasteiger partial charge in [-0.25, -0.2) is 4.39 Å². The second-order valence-electron chi connectivity index (χ2n) is 4.09. The normalized spacial score (nSPS) is 10.7. The van der Waals surface area contributed by atoms with E-state index < -0.39 is 0 Å². The quantitative estimate of drug-likeness (QED) is 0.670. The Hall–Kier alpha value is -0.780. The molecular weight excluding hydrogens is 265 g/mol. The highest BCUT2D eigenvalue weighted by molar-refractivity contribution is 7.98. The van der Waals surface area contributed by atoms with E-state index in [0.29, 0.717) is 25.5 Å². The first-order valence-corrected chi connectivity index (χ1v) is 7.77. The summed E-state index contributed by atoms with van der Waals surface area (Å²) in [6, 6.07) is 5.02. The largest absolute Gasteiger partial charge is 0.490 e. The molecular formula is C14H22FNO2S. The Bertz CT molecular complexity index is 363. The maximum Gasteiger partial charge on any atom is 0.165 e. The van der Waals surface area contributed by atoms with E-state index >= 15 is 0 Å². The maximum atomic E-state index is 13.8. The van der Waals surface area contributed by atoms with Crippen molar-refractivity contribution in [2.75, 3.05) is 38.9 Å². The first kappa shape index (κ1) is 16.3. The third-order valence-electron chi connectivity index (χ3n) is 2.59. The highest BCUT2D eigenvalue weighted by atomic mass is 32.2. The van der Waals surface area contributed by atoms with Crippen molar-refractivity contribution in [3.63, 3.8) is 0 Å². The predicted molar refractivity (Wildman–Crippen MR) is 78.5 cm³/mol. The Morgan fingerprint density at radius 1 is 1.32 bits per heavy atom. The van der Waals surface area contributed by atoms with Crippen molar-refractivity contribution in [2.24, 2.45) is 0 Å². The molecule has 0 aliphatic rings. The molecule has 0 saturated heterocycles. The van der Waals surface area contributed by atoms with Gasteiger partial charge >= 0.3 is 0 Å². The van der Waals surface area contributed by atoms with Crippen LogP contribution >= 0.6 is 11.8 Å². The molecule has 108 valence electrons. The minimum Gasteiger partial charge on any atom is -0.490 e. The van der Waals surface area contributed by atoms with E-state index in [4.69, 9.17) is 9.47 Å². The Balaban J connectivity index is 2.51. The van der Waals surface area contributed by atoms with Crippen LogP contribution in [0.4, 0.5) is 4.39 Å². The molecule has 0 aliphatic heterocycles. The lowest BCUT2D eigenvalue weighted by molar-refractivity contribution is 0.199. The van der Waals surface area contributed by atoms with E-state index in [-0.39, 0.29) is 5.82 Å². The predicted octanol–water partition coefficient (Wildman–Crippen LogP) is 2.69. The molecule has 3 nitrogen and oxygen atoms in total. The topological polar surface area (TPSA) is 30.5 Å². The molecule has 1 N–H and O–H groups in total. The molecule has 0 spiro atoms. The van der Waals surface area contributed by atoms with Gasteiger partial charge in [-0.1, -0.05) is 12.1 Å². The lowest BCUT2D eigenvalue weighted by Gasteiger charge is -2.13. The van der Waals surface area contributed by atoms with Crippen molar-refractivity contribution < 1.29 is 13.9 Å². The summed E-state index contributed by atoms with van der Waals surface area (Å²) in [7, 11) is 1.66. The average molecular weight is 287 g/mol. The van der Waals surface area contributed by atoms with Crippen LogP contribution in [0.5, 0.6) is 5.75 Å². The van der Waals surface area contributed by atoms with Crippen LogP contribution in [0, 0.1) is 5.82 Å². The standard InChI is InChI=1S/C14H22FNO2S/c1-17-9-7-16-11-12-5-3-6-13(15)14(12)18-8-4-10-19-2/h3,5-6,16H,4,7-11H2,1-2H3. The summed E-state index contributed by atoms with van der Waals surface area (Å²) in [5, 5.41) is 3.20. The fourth-order valence-corrected chi connectivity index (χ4v) is 2.04. The van der Waals surface area contributed by atoms with Crippen LogP contribution in [0.25, 0.3) is 0 Å². The zero-order valence-electron chi connectivity index (χ0n) is 11.6. The average Bonchev–Trinajstić information content (AvgIpc) is 2.42. The van der Waals surface area contributed by atoms with Crippen LogP contribution in [-0.4, -0.2) is 38.9 Å². The maximum absolute atomic E-state index is 13.8. The second kappa shape index (κ2) is 10.1. The van der Waals surface area contributed by atoms with Gasteiger partial charge in [-0.05, 0) is 24.5 Å². The van der Waals surface area contributed by atoms with Gasteiger partial charge in [0.25, 0.3) is 0 Å². The number of benzene rings is 1. The van der Waals surface area contributed by atoms with Gasteiger partial charge in [-0.3, -0.25) is 0 Å². The SMILES string of the molecule is COCCNCc1cccc(F)c1OCCCSC. The minimum absolute atomic E-state index is 0.296. The molecule has 0 heterocycles. The van der Waals surface area contributed by atoms with E-state index in [9.17, 15) is 4.39 Å². The molecule has 0 atom stereocenters. The fourth-order valence-electron chi connectivity index (χ4n) is 1.63. The molecule has 0 bridgehead atoms. The van der Waals surface area contributed by atoms with Crippen LogP contribution in [-0.2, 0) is 11.3 Å². The van der Waals surface area contributed by atoms with Gasteiger partial charge in [0, 0.05) is 25.8 Å². The van der Waals surface area contributed by atoms with Crippen molar-refractivity contribution in [2.45, 2.75) is 13.0 Å². The number of thioether (sulfide) groups is 1. The van der Waals surface area contributed by atoms with E-state index in [1.165, 1.54) is 6.07 Å². The van der Waals surface area contributed by atoms with Crippen molar-refractivity contribution >= 4 is 11.8 Å². The van der Waals surface area contributed by atoms with Gasteiger partial charge in [0.1, 0.15) is 0 Å². The number of methoxy groups -OCH3 is 1. The molecule has 5 heteroatoms. The Morgan fingerprint density at radius 2 is 2.16 bits per heavy atom. The molecule has 0 saturated carbocycles. The third-order valence-corrected chi connectivity index (χ3v) is 3.28. The van der Waals surface area contributed by atoms with E-state index in [2.05, 4.69) is 5.32 Å². The highest BCUT2D eigenvalue weighted by Gasteiger charge is 2.09. The zero-order valence-corrected chi connectivity index (χ0v) is 12.4. The van der Waals surface area contributed by atoms with Crippen LogP contribution in [0.1, 0.15) is 12.0 Å². The summed E-state index contributed by atoms with van der Waals surface area (Å²) < 4.78 is 24.3. The molecule has 19 heavy (non-hydrogen) atoms. The number of rotatable bonds is 10. The molecule has 0 fully saturated rings. The number of halogens is 1. The van der Waals surface area contributed by atoms with Crippen molar-refractivity contribution in [3.05, 3.63) is 29.6 Å². The monoisotopic (exact) mass is 287 g/mol. The summed E-state index contributed by atoms with van der Waals surface area (Å²) >= 11 is 1.76. The van der Waals surface area contributed by atoms with Crippen LogP contribution in [0.15, 0.2) is 18.2 Å². The van der Waals surface area contributed by atoms with Crippen molar-refractivity contribution in [1.82, 2.24) is 5.32 Å². The molecule has 0 unspecified atom stereocenters. The number of hydrogen-bond acceptors (Lipinski definition) is 4. The summed E-state index contributed by atoms with van der Waals surface area (Å²) in [6.07, 6.45) is 2.97. The van der Waals surface area contributed by atoms with Gasteiger partial charge in [0.05, 0.1) is 13.2 Å². The molecule has 1 aromatic rings. The summed E-state index contributed by atoms with van der Waals surface area (Å²) in [5.41, 5.74) is 0.847. The molecule has 1 aromatic carbocycles. The van der Waals surface area contributed by atoms with Gasteiger partial charge in [-0.2, -0.15) is 11.8 Å². The smallest absolute Gasteiger partial charge is 0.165 e. The van der Waals surface area contributed by atoms with Crippen molar-refractivity contribution in [1.29, 1.82) is 0 Å². The minimum atomic E-state index is -0.296. The van der Waals surface area contributed by atoms with E-state index in [1.807, 2.05) is 12.3 Å². The van der Waals surface area contributed by atoms with Gasteiger partial charge in [0.15, 0.2) is 11.6 Å². The summed E-state index contributed by atoms with van der Waals surface area (Å²) in [5.74, 6) is 1.10. The number of ether oxygens (including phenoxy) is 2. The zero-order chi connectivity index (χ0) is 13.9. The lowest BCUT2D eigenvalue weighted by atomic mass is 10.2. The number of hydrogen-bond donors (Lipinski definition) is 1. The van der Waals surface area contributed by atoms with Gasteiger partial charge < -0.3 is 14.8 Å². The first-order chi connectivity index (χ1) is 9.29. The van der Waals surface area contributed by atoms with Gasteiger partial charge in [-0.15, -0.1) is 0 Å². The number of para-hydroxylation sites is 1. The van der Waals surface area contributed by atoms with Gasteiger partial charge in [0.2, 0.25) is 0 Å². The first-order valence-electron chi connectivity index (χ1n) is 6.38. The lowest BCUT2D eigenvalue weighted by Crippen LogP contribution is -2.19. The number of nitrogens with one attached hydrogen (secondary N) is 1. The highest BCUT2D eigenvalue weighted by Crippen LogP contribution is 2.22. The molecule has 1 rings (SSSR count). The molecule has 0 aromatic heterocycles. The van der Waals surface area contributed by atoms with Crippen molar-refractivity contribution in [3.8, 4) is 5.75 Å². The molecule has 0 radical (unpaired) electrons. The molecule has 0 aliphatic carbocycles. The Kier molecular flexibility index (Phi) is 8.62. The molecule has 0 amide bonds. The van der Waals surface area contributed by atoms with Crippen LogP contribution in [0.2, 0.25) is 0 Å². The van der Waals surface area contributed by atoms with Crippen LogP contribution in [0.3, 0.4) is 0 Å². The third kappa shape index (κ3) is 6.27. The van der Waals surface area contributed by atoms with Crippen LogP contribution < -0.4 is 10.1 Å². The summed E-state index contributed by atoms with van der Waals surface area (Å²) in [4.78, 5) is 0. The Morgan fingerprint density at radius 3 is 2.89 bits per heavy atom. The van der Waals surface area contributed by atoms with E-state index in [0.717, 1.165) is 24.3 Å². The Labute approximate surface area is 118 Å². The fraction of sp³-hybridized carbons (Fsp3) is 0.571. The second-order valence-corrected chi connectivity index (χ2v) is 5.08.